The maximum atomic E-state index is 12.1. The summed E-state index contributed by atoms with van der Waals surface area (Å²) in [5, 5.41) is 3.01. The van der Waals surface area contributed by atoms with Crippen molar-refractivity contribution in [3.8, 4) is 0 Å². The fraction of sp³-hybridized carbons (Fsp3) is 0.923. The molecule has 0 bridgehead atoms. The Morgan fingerprint density at radius 1 is 1.47 bits per heavy atom. The fourth-order valence-corrected chi connectivity index (χ4v) is 2.27. The number of carbonyl (C=O) groups is 1. The van der Waals surface area contributed by atoms with Crippen LogP contribution in [0.25, 0.3) is 0 Å². The van der Waals surface area contributed by atoms with Crippen LogP contribution in [0.5, 0.6) is 0 Å². The van der Waals surface area contributed by atoms with E-state index >= 15 is 0 Å². The average Bonchev–Trinajstić information content (AvgIpc) is 2.80. The van der Waals surface area contributed by atoms with Crippen LogP contribution in [0, 0.1) is 5.41 Å². The molecule has 1 aliphatic rings. The van der Waals surface area contributed by atoms with E-state index in [1.807, 2.05) is 6.92 Å². The highest BCUT2D eigenvalue weighted by Gasteiger charge is 2.38. The Morgan fingerprint density at radius 3 is 2.53 bits per heavy atom. The highest BCUT2D eigenvalue weighted by Crippen LogP contribution is 2.27. The second-order valence-electron chi connectivity index (χ2n) is 5.28. The molecule has 0 spiro atoms. The summed E-state index contributed by atoms with van der Waals surface area (Å²) in [4.78, 5) is 12.1. The second kappa shape index (κ2) is 5.83. The normalized spacial score (nSPS) is 24.9. The standard InChI is InChI=1S/C13H26N2O2/c1-4-13(5-2,9-14)10-15-11(16)12(3)7-6-8-17-12/h4-10,14H2,1-3H3,(H,15,16). The fourth-order valence-electron chi connectivity index (χ4n) is 2.27. The van der Waals surface area contributed by atoms with Gasteiger partial charge in [0.1, 0.15) is 5.60 Å². The third kappa shape index (κ3) is 3.19. The van der Waals surface area contributed by atoms with Crippen molar-refractivity contribution >= 4 is 5.91 Å². The lowest BCUT2D eigenvalue weighted by Crippen LogP contribution is -2.49. The van der Waals surface area contributed by atoms with Gasteiger partial charge in [-0.15, -0.1) is 0 Å². The highest BCUT2D eigenvalue weighted by molar-refractivity contribution is 5.85. The lowest BCUT2D eigenvalue weighted by Gasteiger charge is -2.32. The number of nitrogens with two attached hydrogens (primary N) is 1. The van der Waals surface area contributed by atoms with Crippen molar-refractivity contribution in [1.82, 2.24) is 5.32 Å². The van der Waals surface area contributed by atoms with Gasteiger partial charge < -0.3 is 15.8 Å². The van der Waals surface area contributed by atoms with E-state index in [-0.39, 0.29) is 11.3 Å². The molecule has 1 heterocycles. The molecular weight excluding hydrogens is 216 g/mol. The predicted molar refractivity (Wildman–Crippen MR) is 68.7 cm³/mol. The number of amides is 1. The molecule has 1 unspecified atom stereocenters. The molecule has 0 aliphatic carbocycles. The first-order chi connectivity index (χ1) is 8.02. The quantitative estimate of drug-likeness (QED) is 0.740. The lowest BCUT2D eigenvalue weighted by molar-refractivity contribution is -0.140. The van der Waals surface area contributed by atoms with Gasteiger partial charge in [0.25, 0.3) is 5.91 Å². The van der Waals surface area contributed by atoms with Crippen LogP contribution in [-0.4, -0.2) is 31.2 Å². The van der Waals surface area contributed by atoms with Crippen LogP contribution in [0.3, 0.4) is 0 Å². The smallest absolute Gasteiger partial charge is 0.251 e. The van der Waals surface area contributed by atoms with E-state index in [4.69, 9.17) is 10.5 Å². The van der Waals surface area contributed by atoms with Crippen LogP contribution in [0.4, 0.5) is 0 Å². The van der Waals surface area contributed by atoms with Gasteiger partial charge in [0, 0.05) is 13.2 Å². The number of ether oxygens (including phenoxy) is 1. The molecule has 1 rings (SSSR count). The van der Waals surface area contributed by atoms with Crippen molar-refractivity contribution in [3.05, 3.63) is 0 Å². The minimum Gasteiger partial charge on any atom is -0.365 e. The number of rotatable bonds is 6. The zero-order valence-corrected chi connectivity index (χ0v) is 11.3. The Labute approximate surface area is 104 Å². The third-order valence-electron chi connectivity index (χ3n) is 4.26. The summed E-state index contributed by atoms with van der Waals surface area (Å²) in [7, 11) is 0. The molecule has 1 amide bonds. The summed E-state index contributed by atoms with van der Waals surface area (Å²) in [5.74, 6) is 0.00900. The second-order valence-corrected chi connectivity index (χ2v) is 5.28. The molecule has 0 saturated carbocycles. The predicted octanol–water partition coefficient (Wildman–Crippen LogP) is 1.44. The number of hydrogen-bond acceptors (Lipinski definition) is 3. The van der Waals surface area contributed by atoms with Crippen LogP contribution in [0.15, 0.2) is 0 Å². The molecule has 3 N–H and O–H groups in total. The topological polar surface area (TPSA) is 64.3 Å². The maximum absolute atomic E-state index is 12.1. The van der Waals surface area contributed by atoms with E-state index in [2.05, 4.69) is 19.2 Å². The zero-order valence-electron chi connectivity index (χ0n) is 11.3. The molecule has 1 atom stereocenters. The van der Waals surface area contributed by atoms with Crippen LogP contribution < -0.4 is 11.1 Å². The van der Waals surface area contributed by atoms with Crippen molar-refractivity contribution in [3.63, 3.8) is 0 Å². The minimum atomic E-state index is -0.623. The molecule has 17 heavy (non-hydrogen) atoms. The first-order valence-electron chi connectivity index (χ1n) is 6.64. The SMILES string of the molecule is CCC(CC)(CN)CNC(=O)C1(C)CCCO1. The van der Waals surface area contributed by atoms with Crippen LogP contribution >= 0.6 is 0 Å². The molecule has 4 nitrogen and oxygen atoms in total. The highest BCUT2D eigenvalue weighted by atomic mass is 16.5. The Kier molecular flexibility index (Phi) is 4.95. The largest absolute Gasteiger partial charge is 0.365 e. The van der Waals surface area contributed by atoms with Gasteiger partial charge in [-0.3, -0.25) is 4.79 Å². The molecule has 100 valence electrons. The van der Waals surface area contributed by atoms with Gasteiger partial charge in [0.05, 0.1) is 0 Å². The molecule has 4 heteroatoms. The first-order valence-corrected chi connectivity index (χ1v) is 6.64. The average molecular weight is 242 g/mol. The van der Waals surface area contributed by atoms with E-state index < -0.39 is 5.60 Å². The van der Waals surface area contributed by atoms with Gasteiger partial charge in [0.15, 0.2) is 0 Å². The van der Waals surface area contributed by atoms with E-state index in [0.717, 1.165) is 25.7 Å². The third-order valence-corrected chi connectivity index (χ3v) is 4.26. The van der Waals surface area contributed by atoms with Crippen molar-refractivity contribution in [2.45, 2.75) is 52.1 Å². The first kappa shape index (κ1) is 14.5. The van der Waals surface area contributed by atoms with E-state index in [0.29, 0.717) is 19.7 Å². The molecular formula is C13H26N2O2. The van der Waals surface area contributed by atoms with Crippen molar-refractivity contribution in [2.24, 2.45) is 11.1 Å². The number of carbonyl (C=O) groups excluding carboxylic acids is 1. The van der Waals surface area contributed by atoms with Gasteiger partial charge in [-0.2, -0.15) is 0 Å². The summed E-state index contributed by atoms with van der Waals surface area (Å²) in [6.07, 6.45) is 3.75. The maximum Gasteiger partial charge on any atom is 0.251 e. The van der Waals surface area contributed by atoms with Gasteiger partial charge in [-0.05, 0) is 44.6 Å². The van der Waals surface area contributed by atoms with E-state index in [9.17, 15) is 4.79 Å². The zero-order chi connectivity index (χ0) is 12.9. The van der Waals surface area contributed by atoms with Gasteiger partial charge in [0.2, 0.25) is 0 Å². The molecule has 1 saturated heterocycles. The molecule has 0 aromatic rings. The summed E-state index contributed by atoms with van der Waals surface area (Å²) < 4.78 is 5.53. The molecule has 1 aliphatic heterocycles. The van der Waals surface area contributed by atoms with Crippen LogP contribution in [0.1, 0.15) is 46.5 Å². The Bertz CT molecular complexity index is 248. The summed E-state index contributed by atoms with van der Waals surface area (Å²) >= 11 is 0. The van der Waals surface area contributed by atoms with Gasteiger partial charge in [-0.1, -0.05) is 13.8 Å². The monoisotopic (exact) mass is 242 g/mol. The van der Waals surface area contributed by atoms with Crippen LogP contribution in [-0.2, 0) is 9.53 Å². The lowest BCUT2D eigenvalue weighted by atomic mass is 9.82. The van der Waals surface area contributed by atoms with Crippen molar-refractivity contribution < 1.29 is 9.53 Å². The minimum absolute atomic E-state index is 0.00900. The van der Waals surface area contributed by atoms with Crippen molar-refractivity contribution in [1.29, 1.82) is 0 Å². The van der Waals surface area contributed by atoms with E-state index in [1.54, 1.807) is 0 Å². The van der Waals surface area contributed by atoms with E-state index in [1.165, 1.54) is 0 Å². The van der Waals surface area contributed by atoms with Gasteiger partial charge >= 0.3 is 0 Å². The number of hydrogen-bond donors (Lipinski definition) is 2. The molecule has 0 aromatic heterocycles. The Hall–Kier alpha value is -0.610. The van der Waals surface area contributed by atoms with Crippen LogP contribution in [0.2, 0.25) is 0 Å². The molecule has 0 aromatic carbocycles. The summed E-state index contributed by atoms with van der Waals surface area (Å²) in [5.41, 5.74) is 5.23. The summed E-state index contributed by atoms with van der Waals surface area (Å²) in [6.45, 7) is 8.06. The number of nitrogens with one attached hydrogen (secondary N) is 1. The van der Waals surface area contributed by atoms with Gasteiger partial charge in [-0.25, -0.2) is 0 Å². The summed E-state index contributed by atoms with van der Waals surface area (Å²) in [6, 6.07) is 0. The van der Waals surface area contributed by atoms with Crippen molar-refractivity contribution in [2.75, 3.05) is 19.7 Å². The Morgan fingerprint density at radius 2 is 2.12 bits per heavy atom. The molecule has 1 fully saturated rings. The Balaban J connectivity index is 2.52. The molecule has 0 radical (unpaired) electrons.